The number of fused-ring (bicyclic) bond motifs is 2. The van der Waals surface area contributed by atoms with Crippen molar-refractivity contribution in [3.05, 3.63) is 59.8 Å². The van der Waals surface area contributed by atoms with Gasteiger partial charge in [0.25, 0.3) is 5.91 Å². The Morgan fingerprint density at radius 3 is 3.04 bits per heavy atom. The molecule has 1 aliphatic rings. The van der Waals surface area contributed by atoms with Gasteiger partial charge in [-0.2, -0.15) is 0 Å². The highest BCUT2D eigenvalue weighted by molar-refractivity contribution is 5.98. The van der Waals surface area contributed by atoms with E-state index in [1.165, 1.54) is 5.69 Å². The monoisotopic (exact) mass is 336 g/mol. The number of amides is 1. The van der Waals surface area contributed by atoms with Crippen LogP contribution in [0.1, 0.15) is 21.7 Å². The summed E-state index contributed by atoms with van der Waals surface area (Å²) in [5.41, 5.74) is 3.69. The average Bonchev–Trinajstić information content (AvgIpc) is 3.00. The van der Waals surface area contributed by atoms with E-state index >= 15 is 0 Å². The third-order valence-electron chi connectivity index (χ3n) is 4.81. The van der Waals surface area contributed by atoms with Crippen LogP contribution < -0.4 is 0 Å². The van der Waals surface area contributed by atoms with E-state index in [4.69, 9.17) is 4.74 Å². The highest BCUT2D eigenvalue weighted by Crippen LogP contribution is 2.25. The molecule has 1 atom stereocenters. The number of imidazole rings is 1. The molecule has 0 aliphatic carbocycles. The van der Waals surface area contributed by atoms with E-state index in [1.54, 1.807) is 13.3 Å². The minimum atomic E-state index is 0.00380. The average molecular weight is 336 g/mol. The van der Waals surface area contributed by atoms with Crippen LogP contribution in [0.4, 0.5) is 0 Å². The predicted molar refractivity (Wildman–Crippen MR) is 94.2 cm³/mol. The number of aryl methyl sites for hydroxylation is 1. The van der Waals surface area contributed by atoms with Gasteiger partial charge in [-0.3, -0.25) is 9.78 Å². The molecule has 0 unspecified atom stereocenters. The molecule has 1 amide bonds. The van der Waals surface area contributed by atoms with Crippen molar-refractivity contribution < 1.29 is 9.53 Å². The van der Waals surface area contributed by atoms with Gasteiger partial charge in [0.05, 0.1) is 36.7 Å². The smallest absolute Gasteiger partial charge is 0.254 e. The lowest BCUT2D eigenvalue weighted by Crippen LogP contribution is -2.47. The zero-order valence-corrected chi connectivity index (χ0v) is 14.3. The maximum atomic E-state index is 13.2. The molecule has 0 bridgehead atoms. The van der Waals surface area contributed by atoms with Gasteiger partial charge in [-0.05, 0) is 24.3 Å². The van der Waals surface area contributed by atoms with Gasteiger partial charge in [0.2, 0.25) is 0 Å². The Hall–Kier alpha value is -2.73. The van der Waals surface area contributed by atoms with Gasteiger partial charge < -0.3 is 14.2 Å². The Morgan fingerprint density at radius 1 is 1.32 bits per heavy atom. The van der Waals surface area contributed by atoms with Crippen LogP contribution in [0.5, 0.6) is 0 Å². The minimum absolute atomic E-state index is 0.00380. The van der Waals surface area contributed by atoms with Gasteiger partial charge in [-0.25, -0.2) is 4.98 Å². The largest absolute Gasteiger partial charge is 0.383 e. The first kappa shape index (κ1) is 15.8. The molecule has 128 valence electrons. The second kappa shape index (κ2) is 6.29. The van der Waals surface area contributed by atoms with E-state index in [-0.39, 0.29) is 11.9 Å². The summed E-state index contributed by atoms with van der Waals surface area (Å²) >= 11 is 0. The molecule has 0 radical (unpaired) electrons. The van der Waals surface area contributed by atoms with E-state index in [1.807, 2.05) is 53.2 Å². The molecule has 3 heterocycles. The molecule has 0 fully saturated rings. The minimum Gasteiger partial charge on any atom is -0.383 e. The molecule has 0 saturated heterocycles. The molecule has 1 aliphatic heterocycles. The van der Waals surface area contributed by atoms with Crippen LogP contribution in [-0.4, -0.2) is 45.1 Å². The summed E-state index contributed by atoms with van der Waals surface area (Å²) in [6.45, 7) is 1.01. The first-order chi connectivity index (χ1) is 12.2. The number of hydrogen-bond acceptors (Lipinski definition) is 4. The number of aromatic nitrogens is 3. The van der Waals surface area contributed by atoms with Crippen molar-refractivity contribution in [1.82, 2.24) is 19.4 Å². The fourth-order valence-electron chi connectivity index (χ4n) is 3.48. The summed E-state index contributed by atoms with van der Waals surface area (Å²) in [5.74, 6) is 0.00380. The van der Waals surface area contributed by atoms with Crippen molar-refractivity contribution in [2.24, 2.45) is 7.05 Å². The number of nitrogens with zero attached hydrogens (tertiary/aromatic N) is 4. The molecule has 1 aromatic carbocycles. The van der Waals surface area contributed by atoms with E-state index in [9.17, 15) is 4.79 Å². The van der Waals surface area contributed by atoms with Crippen molar-refractivity contribution in [1.29, 1.82) is 0 Å². The summed E-state index contributed by atoms with van der Waals surface area (Å²) < 4.78 is 7.40. The van der Waals surface area contributed by atoms with Gasteiger partial charge in [-0.15, -0.1) is 0 Å². The van der Waals surface area contributed by atoms with Gasteiger partial charge in [0, 0.05) is 43.4 Å². The summed E-state index contributed by atoms with van der Waals surface area (Å²) in [7, 11) is 3.66. The summed E-state index contributed by atoms with van der Waals surface area (Å²) in [6.07, 6.45) is 4.32. The van der Waals surface area contributed by atoms with Crippen LogP contribution in [0.25, 0.3) is 10.9 Å². The van der Waals surface area contributed by atoms with Crippen LogP contribution in [0.15, 0.2) is 42.9 Å². The Morgan fingerprint density at radius 2 is 2.20 bits per heavy atom. The second-order valence-electron chi connectivity index (χ2n) is 6.41. The van der Waals surface area contributed by atoms with Crippen molar-refractivity contribution >= 4 is 16.8 Å². The van der Waals surface area contributed by atoms with Crippen molar-refractivity contribution in [2.45, 2.75) is 19.0 Å². The number of pyridine rings is 1. The summed E-state index contributed by atoms with van der Waals surface area (Å²) in [4.78, 5) is 23.8. The van der Waals surface area contributed by atoms with Crippen LogP contribution in [0.3, 0.4) is 0 Å². The molecule has 25 heavy (non-hydrogen) atoms. The molecule has 2 aromatic heterocycles. The normalized spacial score (nSPS) is 16.9. The van der Waals surface area contributed by atoms with Crippen LogP contribution in [0.2, 0.25) is 0 Å². The lowest BCUT2D eigenvalue weighted by molar-refractivity contribution is 0.0468. The van der Waals surface area contributed by atoms with Gasteiger partial charge in [0.15, 0.2) is 0 Å². The number of benzene rings is 1. The Labute approximate surface area is 146 Å². The highest BCUT2D eigenvalue weighted by atomic mass is 16.5. The molecule has 6 nitrogen and oxygen atoms in total. The molecule has 6 heteroatoms. The second-order valence-corrected chi connectivity index (χ2v) is 6.41. The standard InChI is InChI=1S/C19H20N4O2/c1-22-12-21-17-10-23(15(11-25-2)9-18(17)22)19(24)14-5-6-16-13(8-14)4-3-7-20-16/h3-8,12,15H,9-11H2,1-2H3/t15-/m1/s1. The van der Waals surface area contributed by atoms with Gasteiger partial charge in [0.1, 0.15) is 0 Å². The Kier molecular flexibility index (Phi) is 3.97. The molecule has 0 saturated carbocycles. The Bertz CT molecular complexity index is 934. The van der Waals surface area contributed by atoms with E-state index in [0.29, 0.717) is 18.7 Å². The van der Waals surface area contributed by atoms with E-state index in [0.717, 1.165) is 23.0 Å². The van der Waals surface area contributed by atoms with E-state index < -0.39 is 0 Å². The third-order valence-corrected chi connectivity index (χ3v) is 4.81. The van der Waals surface area contributed by atoms with Gasteiger partial charge in [-0.1, -0.05) is 6.07 Å². The number of carbonyl (C=O) groups excluding carboxylic acids is 1. The van der Waals surface area contributed by atoms with Crippen molar-refractivity contribution in [2.75, 3.05) is 13.7 Å². The van der Waals surface area contributed by atoms with Gasteiger partial charge >= 0.3 is 0 Å². The fraction of sp³-hybridized carbons (Fsp3) is 0.316. The molecular formula is C19H20N4O2. The molecule has 0 spiro atoms. The molecule has 3 aromatic rings. The first-order valence-corrected chi connectivity index (χ1v) is 8.31. The summed E-state index contributed by atoms with van der Waals surface area (Å²) in [5, 5.41) is 0.965. The van der Waals surface area contributed by atoms with Crippen LogP contribution >= 0.6 is 0 Å². The third kappa shape index (κ3) is 2.78. The quantitative estimate of drug-likeness (QED) is 0.735. The van der Waals surface area contributed by atoms with Crippen molar-refractivity contribution in [3.8, 4) is 0 Å². The van der Waals surface area contributed by atoms with Crippen LogP contribution in [0, 0.1) is 0 Å². The first-order valence-electron chi connectivity index (χ1n) is 8.31. The number of carbonyl (C=O) groups is 1. The number of hydrogen-bond donors (Lipinski definition) is 0. The van der Waals surface area contributed by atoms with Crippen molar-refractivity contribution in [3.63, 3.8) is 0 Å². The highest BCUT2D eigenvalue weighted by Gasteiger charge is 2.32. The predicted octanol–water partition coefficient (Wildman–Crippen LogP) is 2.18. The van der Waals surface area contributed by atoms with E-state index in [2.05, 4.69) is 9.97 Å². The lowest BCUT2D eigenvalue weighted by Gasteiger charge is -2.35. The molecular weight excluding hydrogens is 316 g/mol. The summed E-state index contributed by atoms with van der Waals surface area (Å²) in [6, 6.07) is 9.50. The maximum Gasteiger partial charge on any atom is 0.254 e. The number of rotatable bonds is 3. The SMILES string of the molecule is COC[C@H]1Cc2c(ncn2C)CN1C(=O)c1ccc2ncccc2c1. The number of methoxy groups -OCH3 is 1. The van der Waals surface area contributed by atoms with Crippen LogP contribution in [-0.2, 0) is 24.8 Å². The zero-order chi connectivity index (χ0) is 17.4. The fourth-order valence-corrected chi connectivity index (χ4v) is 3.48. The molecule has 0 N–H and O–H groups in total. The Balaban J connectivity index is 1.68. The maximum absolute atomic E-state index is 13.2. The zero-order valence-electron chi connectivity index (χ0n) is 14.3. The topological polar surface area (TPSA) is 60.2 Å². The molecule has 4 rings (SSSR count). The number of ether oxygens (including phenoxy) is 1. The lowest BCUT2D eigenvalue weighted by atomic mass is 10.0.